The molecule has 3 aromatic heterocycles. The predicted molar refractivity (Wildman–Crippen MR) is 145 cm³/mol. The number of pyridine rings is 1. The SMILES string of the molecule is COc1cc(-c2nn(-c3ccc(N)nc3)c3ncnc(N)c23)ccc1C1(C(N)=O)Cc2ccccc2N1C. The number of likely N-dealkylation sites (N-methyl/N-ethyl adjacent to an activating group) is 1. The van der Waals surface area contributed by atoms with Crippen LogP contribution < -0.4 is 26.8 Å². The number of anilines is 3. The molecule has 6 rings (SSSR count). The zero-order valence-electron chi connectivity index (χ0n) is 20.8. The largest absolute Gasteiger partial charge is 0.496 e. The highest BCUT2D eigenvalue weighted by Crippen LogP contribution is 2.47. The van der Waals surface area contributed by atoms with Crippen LogP contribution in [0.5, 0.6) is 5.75 Å². The van der Waals surface area contributed by atoms with Crippen molar-refractivity contribution in [3.63, 3.8) is 0 Å². The minimum Gasteiger partial charge on any atom is -0.496 e. The first kappa shape index (κ1) is 23.2. The number of hydrogen-bond donors (Lipinski definition) is 3. The van der Waals surface area contributed by atoms with E-state index in [-0.39, 0.29) is 5.82 Å². The summed E-state index contributed by atoms with van der Waals surface area (Å²) in [6, 6.07) is 16.9. The lowest BCUT2D eigenvalue weighted by Gasteiger charge is -2.36. The number of benzene rings is 2. The minimum atomic E-state index is -1.12. The molecule has 11 heteroatoms. The number of amides is 1. The third kappa shape index (κ3) is 3.25. The molecule has 0 saturated heterocycles. The number of hydrogen-bond acceptors (Lipinski definition) is 9. The molecule has 1 atom stereocenters. The van der Waals surface area contributed by atoms with Crippen molar-refractivity contribution in [2.24, 2.45) is 5.73 Å². The number of ether oxygens (including phenoxy) is 1. The Labute approximate surface area is 217 Å². The first-order chi connectivity index (χ1) is 18.3. The van der Waals surface area contributed by atoms with Crippen LogP contribution in [0, 0.1) is 0 Å². The Morgan fingerprint density at radius 1 is 1.05 bits per heavy atom. The van der Waals surface area contributed by atoms with Gasteiger partial charge in [-0.05, 0) is 29.8 Å². The lowest BCUT2D eigenvalue weighted by atomic mass is 9.84. The van der Waals surface area contributed by atoms with Gasteiger partial charge in [-0.25, -0.2) is 19.6 Å². The molecule has 11 nitrogen and oxygen atoms in total. The van der Waals surface area contributed by atoms with Crippen molar-refractivity contribution in [1.29, 1.82) is 0 Å². The van der Waals surface area contributed by atoms with Gasteiger partial charge in [0.25, 0.3) is 0 Å². The first-order valence-corrected chi connectivity index (χ1v) is 11.9. The van der Waals surface area contributed by atoms with Gasteiger partial charge in [0.2, 0.25) is 5.91 Å². The van der Waals surface area contributed by atoms with Crippen molar-refractivity contribution in [2.45, 2.75) is 12.0 Å². The Kier molecular flexibility index (Phi) is 5.16. The molecule has 2 aromatic carbocycles. The van der Waals surface area contributed by atoms with Crippen molar-refractivity contribution in [3.8, 4) is 22.7 Å². The number of nitrogens with two attached hydrogens (primary N) is 3. The summed E-state index contributed by atoms with van der Waals surface area (Å²) in [5, 5.41) is 5.40. The van der Waals surface area contributed by atoms with Gasteiger partial charge in [-0.3, -0.25) is 4.79 Å². The maximum atomic E-state index is 13.1. The van der Waals surface area contributed by atoms with E-state index in [0.29, 0.717) is 51.5 Å². The third-order valence-corrected chi connectivity index (χ3v) is 7.21. The molecule has 0 radical (unpaired) electrons. The molecule has 1 aliphatic heterocycles. The van der Waals surface area contributed by atoms with Crippen LogP contribution in [0.1, 0.15) is 11.1 Å². The lowest BCUT2D eigenvalue weighted by molar-refractivity contribution is -0.123. The van der Waals surface area contributed by atoms with Gasteiger partial charge in [-0.1, -0.05) is 30.3 Å². The molecule has 0 saturated carbocycles. The average Bonchev–Trinajstić information content (AvgIpc) is 3.46. The molecule has 6 N–H and O–H groups in total. The van der Waals surface area contributed by atoms with E-state index in [9.17, 15) is 4.79 Å². The highest BCUT2D eigenvalue weighted by atomic mass is 16.5. The number of para-hydroxylation sites is 1. The van der Waals surface area contributed by atoms with E-state index >= 15 is 0 Å². The van der Waals surface area contributed by atoms with E-state index < -0.39 is 11.4 Å². The van der Waals surface area contributed by atoms with Gasteiger partial charge in [0.1, 0.15) is 29.4 Å². The smallest absolute Gasteiger partial charge is 0.248 e. The van der Waals surface area contributed by atoms with E-state index in [1.165, 1.54) is 6.33 Å². The molecular weight excluding hydrogens is 482 g/mol. The molecule has 0 spiro atoms. The highest BCUT2D eigenvalue weighted by molar-refractivity contribution is 5.99. The molecule has 0 fully saturated rings. The lowest BCUT2D eigenvalue weighted by Crippen LogP contribution is -2.52. The Morgan fingerprint density at radius 3 is 2.58 bits per heavy atom. The highest BCUT2D eigenvalue weighted by Gasteiger charge is 2.50. The second-order valence-electron chi connectivity index (χ2n) is 9.16. The van der Waals surface area contributed by atoms with Crippen LogP contribution in [0.2, 0.25) is 0 Å². The predicted octanol–water partition coefficient (Wildman–Crippen LogP) is 2.42. The van der Waals surface area contributed by atoms with Crippen molar-refractivity contribution in [2.75, 3.05) is 30.5 Å². The van der Waals surface area contributed by atoms with Crippen molar-refractivity contribution in [1.82, 2.24) is 24.7 Å². The van der Waals surface area contributed by atoms with Crippen LogP contribution in [-0.2, 0) is 16.8 Å². The van der Waals surface area contributed by atoms with Crippen LogP contribution in [0.15, 0.2) is 67.1 Å². The molecule has 1 unspecified atom stereocenters. The van der Waals surface area contributed by atoms with E-state index in [4.69, 9.17) is 27.0 Å². The number of nitrogen functional groups attached to an aromatic ring is 2. The van der Waals surface area contributed by atoms with Crippen molar-refractivity contribution in [3.05, 3.63) is 78.2 Å². The number of aromatic nitrogens is 5. The maximum Gasteiger partial charge on any atom is 0.248 e. The summed E-state index contributed by atoms with van der Waals surface area (Å²) < 4.78 is 7.47. The summed E-state index contributed by atoms with van der Waals surface area (Å²) in [5.41, 5.74) is 22.1. The van der Waals surface area contributed by atoms with Crippen LogP contribution >= 0.6 is 0 Å². The van der Waals surface area contributed by atoms with Gasteiger partial charge >= 0.3 is 0 Å². The van der Waals surface area contributed by atoms with Gasteiger partial charge in [-0.15, -0.1) is 0 Å². The van der Waals surface area contributed by atoms with E-state index in [1.54, 1.807) is 30.1 Å². The topological polar surface area (TPSA) is 164 Å². The molecular formula is C27H25N9O2. The molecule has 5 aromatic rings. The summed E-state index contributed by atoms with van der Waals surface area (Å²) in [6.07, 6.45) is 3.42. The maximum absolute atomic E-state index is 13.1. The Bertz CT molecular complexity index is 1710. The van der Waals surface area contributed by atoms with Gasteiger partial charge in [0, 0.05) is 30.3 Å². The fourth-order valence-electron chi connectivity index (χ4n) is 5.31. The Balaban J connectivity index is 1.53. The fourth-order valence-corrected chi connectivity index (χ4v) is 5.31. The van der Waals surface area contributed by atoms with Crippen molar-refractivity contribution < 1.29 is 9.53 Å². The van der Waals surface area contributed by atoms with Gasteiger partial charge in [0.05, 0.1) is 24.4 Å². The molecule has 1 amide bonds. The Hall–Kier alpha value is -5.19. The van der Waals surface area contributed by atoms with Crippen LogP contribution in [0.4, 0.5) is 17.3 Å². The van der Waals surface area contributed by atoms with E-state index in [2.05, 4.69) is 15.0 Å². The number of fused-ring (bicyclic) bond motifs is 2. The van der Waals surface area contributed by atoms with E-state index in [0.717, 1.165) is 11.3 Å². The number of carbonyl (C=O) groups is 1. The molecule has 0 bridgehead atoms. The molecule has 190 valence electrons. The zero-order chi connectivity index (χ0) is 26.6. The van der Waals surface area contributed by atoms with Gasteiger partial charge in [0.15, 0.2) is 11.2 Å². The number of methoxy groups -OCH3 is 1. The van der Waals surface area contributed by atoms with Crippen LogP contribution in [-0.4, -0.2) is 44.8 Å². The van der Waals surface area contributed by atoms with Crippen LogP contribution in [0.25, 0.3) is 28.0 Å². The molecule has 38 heavy (non-hydrogen) atoms. The number of nitrogens with zero attached hydrogens (tertiary/aromatic N) is 6. The normalized spacial score (nSPS) is 16.5. The van der Waals surface area contributed by atoms with E-state index in [1.807, 2.05) is 54.4 Å². The Morgan fingerprint density at radius 2 is 1.87 bits per heavy atom. The zero-order valence-corrected chi connectivity index (χ0v) is 20.8. The molecule has 4 heterocycles. The third-order valence-electron chi connectivity index (χ3n) is 7.21. The standard InChI is InChI=1S/C27H25N9O2/c1-35-19-6-4-3-5-16(19)12-27(35,26(30)37)18-9-7-15(11-20(18)38-2)23-22-24(29)32-14-33-25(22)36(34-23)17-8-10-21(28)31-13-17/h3-11,13-14H,12H2,1-2H3,(H2,28,31)(H2,30,37)(H2,29,32,33). The summed E-state index contributed by atoms with van der Waals surface area (Å²) in [6.45, 7) is 0. The van der Waals surface area contributed by atoms with Crippen molar-refractivity contribution >= 4 is 34.3 Å². The summed E-state index contributed by atoms with van der Waals surface area (Å²) in [7, 11) is 3.44. The number of primary amides is 1. The van der Waals surface area contributed by atoms with Gasteiger partial charge < -0.3 is 26.8 Å². The quantitative estimate of drug-likeness (QED) is 0.324. The number of carbonyl (C=O) groups excluding carboxylic acids is 1. The van der Waals surface area contributed by atoms with Gasteiger partial charge in [-0.2, -0.15) is 5.10 Å². The minimum absolute atomic E-state index is 0.280. The number of rotatable bonds is 5. The first-order valence-electron chi connectivity index (χ1n) is 11.9. The second kappa shape index (κ2) is 8.44. The summed E-state index contributed by atoms with van der Waals surface area (Å²) in [4.78, 5) is 27.8. The summed E-state index contributed by atoms with van der Waals surface area (Å²) >= 11 is 0. The molecule has 1 aliphatic rings. The average molecular weight is 508 g/mol. The van der Waals surface area contributed by atoms with Crippen LogP contribution in [0.3, 0.4) is 0 Å². The monoisotopic (exact) mass is 507 g/mol. The second-order valence-corrected chi connectivity index (χ2v) is 9.16. The fraction of sp³-hybridized carbons (Fsp3) is 0.148. The molecule has 0 aliphatic carbocycles. The summed E-state index contributed by atoms with van der Waals surface area (Å²) in [5.74, 6) is 0.697.